The van der Waals surface area contributed by atoms with E-state index in [0.29, 0.717) is 32.3 Å². The first-order chi connectivity index (χ1) is 22.3. The average molecular weight is 627 g/mol. The van der Waals surface area contributed by atoms with E-state index < -0.39 is 18.0 Å². The second-order valence-corrected chi connectivity index (χ2v) is 11.4. The fourth-order valence-corrected chi connectivity index (χ4v) is 4.99. The first kappa shape index (κ1) is 35.8. The van der Waals surface area contributed by atoms with Gasteiger partial charge in [-0.05, 0) is 61.4 Å². The fourth-order valence-electron chi connectivity index (χ4n) is 4.99. The molecule has 3 aromatic carbocycles. The number of carbonyl (C=O) groups is 3. The minimum Gasteiger partial charge on any atom is -0.489 e. The van der Waals surface area contributed by atoms with E-state index in [-0.39, 0.29) is 43.3 Å². The van der Waals surface area contributed by atoms with Gasteiger partial charge in [0.25, 0.3) is 0 Å². The summed E-state index contributed by atoms with van der Waals surface area (Å²) in [6.45, 7) is 9.45. The molecule has 3 aromatic rings. The maximum Gasteiger partial charge on any atom is 0.309 e. The molecule has 3 N–H and O–H groups in total. The van der Waals surface area contributed by atoms with Crippen LogP contribution in [0.2, 0.25) is 0 Å². The smallest absolute Gasteiger partial charge is 0.309 e. The zero-order valence-electron chi connectivity index (χ0n) is 26.6. The minimum absolute atomic E-state index is 0.00266. The monoisotopic (exact) mass is 626 g/mol. The molecule has 8 nitrogen and oxygen atoms in total. The molecule has 0 aromatic heterocycles. The number of hydrogen-bond donors (Lipinski definition) is 3. The Bertz CT molecular complexity index is 1380. The molecule has 2 amide bonds. The summed E-state index contributed by atoms with van der Waals surface area (Å²) in [6, 6.07) is 26.1. The molecule has 3 rings (SSSR count). The number of carbonyl (C=O) groups excluding carboxylic acids is 3. The van der Waals surface area contributed by atoms with Crippen molar-refractivity contribution in [1.82, 2.24) is 10.6 Å². The number of aliphatic hydroxyl groups is 1. The van der Waals surface area contributed by atoms with Crippen molar-refractivity contribution >= 4 is 17.8 Å². The summed E-state index contributed by atoms with van der Waals surface area (Å²) in [4.78, 5) is 38.8. The molecule has 0 saturated carbocycles. The van der Waals surface area contributed by atoms with Crippen molar-refractivity contribution in [3.63, 3.8) is 0 Å². The quantitative estimate of drug-likeness (QED) is 0.115. The lowest BCUT2D eigenvalue weighted by molar-refractivity contribution is -0.149. The van der Waals surface area contributed by atoms with Crippen LogP contribution in [-0.2, 0) is 38.6 Å². The van der Waals surface area contributed by atoms with Crippen molar-refractivity contribution in [2.24, 2.45) is 11.8 Å². The SMILES string of the molecule is C=CC[C@H](CC(=O)N[C@H](CO)Cc1ccc(OCc2ccccc2)cc1)C(=O)N[C@@H](C)COC(=O)[C@@H](CC=C)Cc1ccccc1. The fraction of sp³-hybridized carbons (Fsp3) is 0.342. The van der Waals surface area contributed by atoms with Gasteiger partial charge in [0.05, 0.1) is 30.5 Å². The van der Waals surface area contributed by atoms with Crippen LogP contribution in [-0.4, -0.2) is 48.2 Å². The van der Waals surface area contributed by atoms with Gasteiger partial charge < -0.3 is 25.2 Å². The number of rotatable bonds is 20. The standard InChI is InChI=1S/C38H46N2O6/c1-4-12-32(37(43)39-28(3)26-46-38(44)33(13-5-2)22-29-14-8-6-9-15-29)24-36(42)40-34(25-41)23-30-18-20-35(21-19-30)45-27-31-16-10-7-11-17-31/h4-11,14-21,28,32-34,41H,1-2,12-13,22-27H2,3H3,(H,39,43)(H,40,42)/t28-,32+,33-,34-/m0/s1. The van der Waals surface area contributed by atoms with Gasteiger partial charge in [-0.15, -0.1) is 13.2 Å². The minimum atomic E-state index is -0.664. The Hall–Kier alpha value is -4.69. The van der Waals surface area contributed by atoms with Crippen LogP contribution in [0, 0.1) is 11.8 Å². The third-order valence-corrected chi connectivity index (χ3v) is 7.47. The predicted octanol–water partition coefficient (Wildman–Crippen LogP) is 5.35. The van der Waals surface area contributed by atoms with Gasteiger partial charge in [-0.25, -0.2) is 0 Å². The molecule has 8 heteroatoms. The molecule has 0 aliphatic carbocycles. The summed E-state index contributed by atoms with van der Waals surface area (Å²) in [5, 5.41) is 15.6. The average Bonchev–Trinajstić information content (AvgIpc) is 3.07. The number of nitrogens with one attached hydrogen (secondary N) is 2. The molecular formula is C38H46N2O6. The summed E-state index contributed by atoms with van der Waals surface area (Å²) >= 11 is 0. The summed E-state index contributed by atoms with van der Waals surface area (Å²) in [7, 11) is 0. The molecule has 0 aliphatic heterocycles. The van der Waals surface area contributed by atoms with E-state index in [1.807, 2.05) is 84.9 Å². The largest absolute Gasteiger partial charge is 0.489 e. The number of benzene rings is 3. The van der Waals surface area contributed by atoms with Crippen LogP contribution < -0.4 is 15.4 Å². The Morgan fingerprint density at radius 1 is 0.783 bits per heavy atom. The van der Waals surface area contributed by atoms with Gasteiger partial charge in [0.1, 0.15) is 19.0 Å². The van der Waals surface area contributed by atoms with Gasteiger partial charge in [0.15, 0.2) is 0 Å². The molecule has 0 aliphatic rings. The maximum atomic E-state index is 13.1. The van der Waals surface area contributed by atoms with E-state index in [4.69, 9.17) is 9.47 Å². The summed E-state index contributed by atoms with van der Waals surface area (Å²) < 4.78 is 11.4. The van der Waals surface area contributed by atoms with Crippen LogP contribution >= 0.6 is 0 Å². The highest BCUT2D eigenvalue weighted by Crippen LogP contribution is 2.17. The Labute approximate surface area is 272 Å². The Morgan fingerprint density at radius 2 is 1.37 bits per heavy atom. The van der Waals surface area contributed by atoms with E-state index in [9.17, 15) is 19.5 Å². The van der Waals surface area contributed by atoms with E-state index in [0.717, 1.165) is 22.4 Å². The molecule has 0 saturated heterocycles. The lowest BCUT2D eigenvalue weighted by Gasteiger charge is -2.22. The lowest BCUT2D eigenvalue weighted by atomic mass is 9.96. The second kappa shape index (κ2) is 19.6. The normalized spacial score (nSPS) is 13.3. The lowest BCUT2D eigenvalue weighted by Crippen LogP contribution is -2.44. The van der Waals surface area contributed by atoms with Crippen LogP contribution in [0.25, 0.3) is 0 Å². The predicted molar refractivity (Wildman–Crippen MR) is 180 cm³/mol. The Morgan fingerprint density at radius 3 is 1.98 bits per heavy atom. The Kier molecular flexibility index (Phi) is 15.3. The first-order valence-corrected chi connectivity index (χ1v) is 15.7. The van der Waals surface area contributed by atoms with Gasteiger partial charge in [-0.1, -0.05) is 84.9 Å². The van der Waals surface area contributed by atoms with E-state index >= 15 is 0 Å². The second-order valence-electron chi connectivity index (χ2n) is 11.4. The van der Waals surface area contributed by atoms with Crippen LogP contribution in [0.4, 0.5) is 0 Å². The van der Waals surface area contributed by atoms with Gasteiger partial charge in [0, 0.05) is 6.42 Å². The van der Waals surface area contributed by atoms with Gasteiger partial charge in [0.2, 0.25) is 11.8 Å². The van der Waals surface area contributed by atoms with Crippen LogP contribution in [0.1, 0.15) is 42.9 Å². The summed E-state index contributed by atoms with van der Waals surface area (Å²) in [5.41, 5.74) is 3.03. The molecule has 4 atom stereocenters. The summed E-state index contributed by atoms with van der Waals surface area (Å²) in [6.07, 6.45) is 4.94. The molecule has 0 bridgehead atoms. The topological polar surface area (TPSA) is 114 Å². The molecule has 46 heavy (non-hydrogen) atoms. The van der Waals surface area contributed by atoms with Crippen molar-refractivity contribution in [1.29, 1.82) is 0 Å². The highest BCUT2D eigenvalue weighted by molar-refractivity contribution is 5.86. The van der Waals surface area contributed by atoms with Crippen LogP contribution in [0.15, 0.2) is 110 Å². The number of esters is 1. The molecule has 0 heterocycles. The van der Waals surface area contributed by atoms with Crippen molar-refractivity contribution in [2.75, 3.05) is 13.2 Å². The highest BCUT2D eigenvalue weighted by Gasteiger charge is 2.25. The number of ether oxygens (including phenoxy) is 2. The van der Waals surface area contributed by atoms with Gasteiger partial charge >= 0.3 is 5.97 Å². The number of aliphatic hydroxyl groups excluding tert-OH is 1. The molecule has 0 radical (unpaired) electrons. The highest BCUT2D eigenvalue weighted by atomic mass is 16.5. The third-order valence-electron chi connectivity index (χ3n) is 7.47. The van der Waals surface area contributed by atoms with Crippen molar-refractivity contribution in [3.05, 3.63) is 127 Å². The van der Waals surface area contributed by atoms with Crippen molar-refractivity contribution in [3.8, 4) is 5.75 Å². The van der Waals surface area contributed by atoms with Crippen molar-refractivity contribution < 1.29 is 29.0 Å². The van der Waals surface area contributed by atoms with Crippen LogP contribution in [0.3, 0.4) is 0 Å². The number of allylic oxidation sites excluding steroid dienone is 2. The summed E-state index contributed by atoms with van der Waals surface area (Å²) in [5.74, 6) is -1.35. The van der Waals surface area contributed by atoms with E-state index in [1.54, 1.807) is 19.1 Å². The van der Waals surface area contributed by atoms with Gasteiger partial charge in [-0.3, -0.25) is 14.4 Å². The first-order valence-electron chi connectivity index (χ1n) is 15.7. The van der Waals surface area contributed by atoms with Crippen molar-refractivity contribution in [2.45, 2.75) is 57.7 Å². The number of amides is 2. The maximum absolute atomic E-state index is 13.1. The van der Waals surface area contributed by atoms with Gasteiger partial charge in [-0.2, -0.15) is 0 Å². The third kappa shape index (κ3) is 12.7. The number of hydrogen-bond acceptors (Lipinski definition) is 6. The Balaban J connectivity index is 1.45. The zero-order valence-corrected chi connectivity index (χ0v) is 26.6. The molecule has 0 spiro atoms. The molecule has 0 unspecified atom stereocenters. The zero-order chi connectivity index (χ0) is 33.1. The van der Waals surface area contributed by atoms with E-state index in [2.05, 4.69) is 23.8 Å². The molecular weight excluding hydrogens is 580 g/mol. The van der Waals surface area contributed by atoms with E-state index in [1.165, 1.54) is 0 Å². The molecule has 0 fully saturated rings. The molecule has 244 valence electrons. The van der Waals surface area contributed by atoms with Crippen LogP contribution in [0.5, 0.6) is 5.75 Å².